The second kappa shape index (κ2) is 6.35. The summed E-state index contributed by atoms with van der Waals surface area (Å²) in [7, 11) is 0. The van der Waals surface area contributed by atoms with Crippen LogP contribution in [0.3, 0.4) is 0 Å². The van der Waals surface area contributed by atoms with E-state index in [4.69, 9.17) is 4.98 Å². The van der Waals surface area contributed by atoms with E-state index in [9.17, 15) is 0 Å². The molecule has 3 rings (SSSR count). The Morgan fingerprint density at radius 1 is 1.33 bits per heavy atom. The van der Waals surface area contributed by atoms with Crippen molar-refractivity contribution < 1.29 is 0 Å². The normalized spacial score (nSPS) is 17.7. The van der Waals surface area contributed by atoms with Gasteiger partial charge in [-0.2, -0.15) is 0 Å². The molecule has 112 valence electrons. The van der Waals surface area contributed by atoms with Crippen LogP contribution in [0.25, 0.3) is 11.5 Å². The number of aromatic nitrogens is 4. The third-order valence-electron chi connectivity index (χ3n) is 4.04. The van der Waals surface area contributed by atoms with Gasteiger partial charge in [0.15, 0.2) is 5.82 Å². The van der Waals surface area contributed by atoms with Gasteiger partial charge >= 0.3 is 0 Å². The summed E-state index contributed by atoms with van der Waals surface area (Å²) in [5, 5.41) is 3.53. The Balaban J connectivity index is 1.94. The monoisotopic (exact) mass is 285 g/mol. The maximum absolute atomic E-state index is 4.82. The van der Waals surface area contributed by atoms with Crippen molar-refractivity contribution in [2.45, 2.75) is 52.1 Å². The summed E-state index contributed by atoms with van der Waals surface area (Å²) in [6, 6.07) is 0.411. The van der Waals surface area contributed by atoms with Crippen molar-refractivity contribution in [3.63, 3.8) is 0 Å². The Labute approximate surface area is 125 Å². The molecular formula is C16H23N5. The molecule has 1 atom stereocenters. The van der Waals surface area contributed by atoms with Gasteiger partial charge in [0.25, 0.3) is 0 Å². The number of nitrogens with one attached hydrogen (secondary N) is 1. The first-order valence-electron chi connectivity index (χ1n) is 7.93. The molecule has 1 aliphatic rings. The lowest BCUT2D eigenvalue weighted by Crippen LogP contribution is -2.26. The molecule has 0 fully saturated rings. The third kappa shape index (κ3) is 2.83. The molecule has 0 amide bonds. The van der Waals surface area contributed by atoms with Crippen molar-refractivity contribution in [2.24, 2.45) is 0 Å². The zero-order valence-electron chi connectivity index (χ0n) is 12.8. The summed E-state index contributed by atoms with van der Waals surface area (Å²) in [6.07, 6.45) is 10.2. The van der Waals surface area contributed by atoms with Crippen LogP contribution in [0.4, 0.5) is 0 Å². The fraction of sp³-hybridized carbons (Fsp3) is 0.562. The standard InChI is InChI=1S/C16H23N5/c1-3-8-21-11-17-10-15(21)16-19-9-12-13(18-4-2)6-5-7-14(12)20-16/h9-11,13,18H,3-8H2,1-2H3. The number of fused-ring (bicyclic) bond motifs is 1. The molecular weight excluding hydrogens is 262 g/mol. The smallest absolute Gasteiger partial charge is 0.178 e. The Kier molecular flexibility index (Phi) is 4.29. The summed E-state index contributed by atoms with van der Waals surface area (Å²) in [5.41, 5.74) is 3.49. The summed E-state index contributed by atoms with van der Waals surface area (Å²) in [5.74, 6) is 0.803. The molecule has 1 aliphatic carbocycles. The highest BCUT2D eigenvalue weighted by molar-refractivity contribution is 5.49. The Hall–Kier alpha value is -1.75. The van der Waals surface area contributed by atoms with Crippen LogP contribution < -0.4 is 5.32 Å². The average molecular weight is 285 g/mol. The summed E-state index contributed by atoms with van der Waals surface area (Å²) >= 11 is 0. The summed E-state index contributed by atoms with van der Waals surface area (Å²) < 4.78 is 2.13. The third-order valence-corrected chi connectivity index (χ3v) is 4.04. The van der Waals surface area contributed by atoms with Crippen LogP contribution in [-0.2, 0) is 13.0 Å². The van der Waals surface area contributed by atoms with E-state index in [1.807, 2.05) is 18.7 Å². The van der Waals surface area contributed by atoms with Gasteiger partial charge in [0, 0.05) is 30.0 Å². The zero-order valence-corrected chi connectivity index (χ0v) is 12.8. The predicted octanol–water partition coefficient (Wildman–Crippen LogP) is 2.74. The minimum atomic E-state index is 0.411. The molecule has 2 aromatic heterocycles. The lowest BCUT2D eigenvalue weighted by atomic mass is 9.92. The number of aryl methyl sites for hydroxylation is 2. The molecule has 0 saturated heterocycles. The van der Waals surface area contributed by atoms with E-state index in [-0.39, 0.29) is 0 Å². The van der Waals surface area contributed by atoms with Crippen molar-refractivity contribution in [1.82, 2.24) is 24.8 Å². The predicted molar refractivity (Wildman–Crippen MR) is 82.9 cm³/mol. The molecule has 2 aromatic rings. The first kappa shape index (κ1) is 14.2. The first-order chi connectivity index (χ1) is 10.3. The lowest BCUT2D eigenvalue weighted by Gasteiger charge is -2.25. The second-order valence-electron chi connectivity index (χ2n) is 5.57. The van der Waals surface area contributed by atoms with Gasteiger partial charge in [0.05, 0.1) is 12.5 Å². The van der Waals surface area contributed by atoms with Gasteiger partial charge in [-0.15, -0.1) is 0 Å². The molecule has 0 aliphatic heterocycles. The first-order valence-corrected chi connectivity index (χ1v) is 7.93. The molecule has 2 heterocycles. The van der Waals surface area contributed by atoms with Crippen molar-refractivity contribution in [1.29, 1.82) is 0 Å². The minimum Gasteiger partial charge on any atom is -0.328 e. The van der Waals surface area contributed by atoms with E-state index in [0.29, 0.717) is 6.04 Å². The van der Waals surface area contributed by atoms with Gasteiger partial charge in [-0.1, -0.05) is 13.8 Å². The Morgan fingerprint density at radius 2 is 2.24 bits per heavy atom. The Bertz CT molecular complexity index is 604. The summed E-state index contributed by atoms with van der Waals surface area (Å²) in [6.45, 7) is 6.25. The van der Waals surface area contributed by atoms with Crippen LogP contribution >= 0.6 is 0 Å². The molecule has 1 unspecified atom stereocenters. The molecule has 5 heteroatoms. The van der Waals surface area contributed by atoms with E-state index in [2.05, 4.69) is 33.7 Å². The molecule has 21 heavy (non-hydrogen) atoms. The lowest BCUT2D eigenvalue weighted by molar-refractivity contribution is 0.464. The number of nitrogens with zero attached hydrogens (tertiary/aromatic N) is 4. The van der Waals surface area contributed by atoms with Gasteiger partial charge in [0.1, 0.15) is 5.69 Å². The highest BCUT2D eigenvalue weighted by atomic mass is 15.1. The van der Waals surface area contributed by atoms with Crippen LogP contribution in [0.1, 0.15) is 50.4 Å². The largest absolute Gasteiger partial charge is 0.328 e. The van der Waals surface area contributed by atoms with Crippen molar-refractivity contribution >= 4 is 0 Å². The highest BCUT2D eigenvalue weighted by Crippen LogP contribution is 2.29. The molecule has 0 radical (unpaired) electrons. The van der Waals surface area contributed by atoms with Gasteiger partial charge in [0.2, 0.25) is 0 Å². The second-order valence-corrected chi connectivity index (χ2v) is 5.57. The topological polar surface area (TPSA) is 55.6 Å². The molecule has 5 nitrogen and oxygen atoms in total. The maximum Gasteiger partial charge on any atom is 0.178 e. The minimum absolute atomic E-state index is 0.411. The molecule has 1 N–H and O–H groups in total. The van der Waals surface area contributed by atoms with Gasteiger partial charge in [-0.25, -0.2) is 15.0 Å². The van der Waals surface area contributed by atoms with Crippen molar-refractivity contribution in [3.8, 4) is 11.5 Å². The average Bonchev–Trinajstić information content (AvgIpc) is 2.96. The molecule has 0 aromatic carbocycles. The fourth-order valence-electron chi connectivity index (χ4n) is 3.05. The van der Waals surface area contributed by atoms with Gasteiger partial charge < -0.3 is 9.88 Å². The molecule has 0 bridgehead atoms. The fourth-order valence-corrected chi connectivity index (χ4v) is 3.05. The van der Waals surface area contributed by atoms with E-state index >= 15 is 0 Å². The van der Waals surface area contributed by atoms with Crippen LogP contribution in [0, 0.1) is 0 Å². The molecule has 0 spiro atoms. The number of imidazole rings is 1. The van der Waals surface area contributed by atoms with Gasteiger partial charge in [-0.05, 0) is 32.2 Å². The quantitative estimate of drug-likeness (QED) is 0.917. The van der Waals surface area contributed by atoms with E-state index in [1.165, 1.54) is 24.1 Å². The van der Waals surface area contributed by atoms with E-state index in [1.54, 1.807) is 0 Å². The highest BCUT2D eigenvalue weighted by Gasteiger charge is 2.22. The van der Waals surface area contributed by atoms with E-state index in [0.717, 1.165) is 37.4 Å². The van der Waals surface area contributed by atoms with Crippen molar-refractivity contribution in [2.75, 3.05) is 6.54 Å². The molecule has 0 saturated carbocycles. The van der Waals surface area contributed by atoms with Gasteiger partial charge in [-0.3, -0.25) is 0 Å². The zero-order chi connectivity index (χ0) is 14.7. The van der Waals surface area contributed by atoms with Crippen LogP contribution in [0.15, 0.2) is 18.7 Å². The van der Waals surface area contributed by atoms with Crippen LogP contribution in [-0.4, -0.2) is 26.1 Å². The Morgan fingerprint density at radius 3 is 3.05 bits per heavy atom. The van der Waals surface area contributed by atoms with Crippen molar-refractivity contribution in [3.05, 3.63) is 30.0 Å². The maximum atomic E-state index is 4.82. The van der Waals surface area contributed by atoms with Crippen LogP contribution in [0.5, 0.6) is 0 Å². The van der Waals surface area contributed by atoms with Crippen LogP contribution in [0.2, 0.25) is 0 Å². The SMILES string of the molecule is CCCn1cncc1-c1ncc2c(n1)CCCC2NCC. The van der Waals surface area contributed by atoms with E-state index < -0.39 is 0 Å². The summed E-state index contributed by atoms with van der Waals surface area (Å²) in [4.78, 5) is 13.7. The number of hydrogen-bond donors (Lipinski definition) is 1. The number of hydrogen-bond acceptors (Lipinski definition) is 4. The number of rotatable bonds is 5.